The molecule has 2 aliphatic heterocycles. The second-order valence-electron chi connectivity index (χ2n) is 15.1. The SMILES string of the molecule is C=CC(=O)N1CCCC(C)(OC(=O)NC2(B3O[C@@H]4C[C@@H]5C[C@@H](C5(C)COB(O)CC(C)C)[C@]4(C)O3)C[C@H]2c2ccccc2)C1. The number of hydrogen-bond donors (Lipinski definition) is 2. The first kappa shape index (κ1) is 31.6. The van der Waals surface area contributed by atoms with Crippen molar-refractivity contribution in [3.05, 3.63) is 48.6 Å². The molecule has 2 N–H and O–H groups in total. The first-order chi connectivity index (χ1) is 20.8. The number of nitrogens with zero attached hydrogens (tertiary/aromatic N) is 1. The second-order valence-corrected chi connectivity index (χ2v) is 15.1. The lowest BCUT2D eigenvalue weighted by Gasteiger charge is -2.65. The maximum absolute atomic E-state index is 13.6. The zero-order valence-electron chi connectivity index (χ0n) is 26.9. The van der Waals surface area contributed by atoms with Gasteiger partial charge in [0.15, 0.2) is 0 Å². The number of amides is 2. The number of nitrogens with one attached hydrogen (secondary N) is 1. The largest absolute Gasteiger partial charge is 0.485 e. The van der Waals surface area contributed by atoms with Crippen LogP contribution >= 0.6 is 0 Å². The van der Waals surface area contributed by atoms with Gasteiger partial charge in [-0.25, -0.2) is 4.79 Å². The van der Waals surface area contributed by atoms with Crippen molar-refractivity contribution >= 4 is 26.2 Å². The van der Waals surface area contributed by atoms with Gasteiger partial charge in [-0.05, 0) is 87.1 Å². The number of hydrogen-bond acceptors (Lipinski definition) is 7. The van der Waals surface area contributed by atoms with Gasteiger partial charge in [0.05, 0.1) is 23.7 Å². The summed E-state index contributed by atoms with van der Waals surface area (Å²) in [4.78, 5) is 27.6. The van der Waals surface area contributed by atoms with Gasteiger partial charge in [-0.2, -0.15) is 0 Å². The maximum atomic E-state index is 13.6. The Bertz CT molecular complexity index is 1270. The van der Waals surface area contributed by atoms with E-state index in [0.717, 1.165) is 24.8 Å². The minimum absolute atomic E-state index is 0.0129. The van der Waals surface area contributed by atoms with Crippen LogP contribution in [0.4, 0.5) is 4.79 Å². The van der Waals surface area contributed by atoms with Crippen molar-refractivity contribution in [1.29, 1.82) is 0 Å². The molecule has 8 atom stereocenters. The summed E-state index contributed by atoms with van der Waals surface area (Å²) >= 11 is 0. The van der Waals surface area contributed by atoms with Crippen LogP contribution in [0.5, 0.6) is 0 Å². The van der Waals surface area contributed by atoms with Crippen LogP contribution in [0.25, 0.3) is 0 Å². The smallest absolute Gasteiger partial charge is 0.441 e. The van der Waals surface area contributed by atoms with Gasteiger partial charge in [-0.15, -0.1) is 0 Å². The minimum Gasteiger partial charge on any atom is -0.441 e. The van der Waals surface area contributed by atoms with Crippen LogP contribution < -0.4 is 5.32 Å². The van der Waals surface area contributed by atoms with E-state index in [2.05, 4.69) is 51.7 Å². The predicted octanol–water partition coefficient (Wildman–Crippen LogP) is 4.61. The average molecular weight is 606 g/mol. The standard InChI is InChI=1S/C33H48B2N2O7/c1-7-28(38)37-15-11-14-30(4,20-37)42-29(39)36-33(18-25(33)23-12-9-8-10-13-23)35-43-27-17-24-16-26(32(27,6)44-35)31(24,5)21-41-34(40)19-22(2)3/h7-10,12-13,22,24-27,40H,1,11,14-21H2,2-6H3,(H,36,39)/t24-,25-,26-,27+,30?,31?,32-,33?/m0/s1. The van der Waals surface area contributed by atoms with Gasteiger partial charge < -0.3 is 33.9 Å². The summed E-state index contributed by atoms with van der Waals surface area (Å²) in [6.07, 6.45) is 5.28. The van der Waals surface area contributed by atoms with E-state index in [0.29, 0.717) is 50.7 Å². The van der Waals surface area contributed by atoms with Gasteiger partial charge in [0.2, 0.25) is 5.91 Å². The lowest BCUT2D eigenvalue weighted by atomic mass is 9.43. The molecule has 6 aliphatic rings. The highest BCUT2D eigenvalue weighted by molar-refractivity contribution is 6.52. The molecule has 3 unspecified atom stereocenters. The van der Waals surface area contributed by atoms with E-state index in [1.165, 1.54) is 6.08 Å². The fraction of sp³-hybridized carbons (Fsp3) is 0.697. The molecule has 7 rings (SSSR count). The van der Waals surface area contributed by atoms with E-state index in [-0.39, 0.29) is 29.3 Å². The Hall–Kier alpha value is -2.33. The highest BCUT2D eigenvalue weighted by Gasteiger charge is 2.76. The average Bonchev–Trinajstić information content (AvgIpc) is 3.57. The zero-order valence-corrected chi connectivity index (χ0v) is 26.9. The molecule has 4 saturated carbocycles. The molecule has 11 heteroatoms. The fourth-order valence-electron chi connectivity index (χ4n) is 8.75. The molecular weight excluding hydrogens is 558 g/mol. The van der Waals surface area contributed by atoms with Gasteiger partial charge in [-0.3, -0.25) is 4.79 Å². The molecular formula is C33H48B2N2O7. The summed E-state index contributed by atoms with van der Waals surface area (Å²) in [5.74, 6) is 0.844. The van der Waals surface area contributed by atoms with Crippen LogP contribution in [0, 0.1) is 23.2 Å². The first-order valence-corrected chi connectivity index (χ1v) is 16.4. The van der Waals surface area contributed by atoms with E-state index in [1.807, 2.05) is 25.1 Å². The third-order valence-electron chi connectivity index (χ3n) is 11.4. The van der Waals surface area contributed by atoms with Crippen molar-refractivity contribution in [2.75, 3.05) is 19.7 Å². The molecule has 4 aliphatic carbocycles. The number of rotatable bonds is 10. The Morgan fingerprint density at radius 1 is 1.25 bits per heavy atom. The monoisotopic (exact) mass is 606 g/mol. The number of piperidine rings is 1. The number of carbonyl (C=O) groups excluding carboxylic acids is 2. The molecule has 2 bridgehead atoms. The quantitative estimate of drug-likeness (QED) is 0.296. The molecule has 0 spiro atoms. The van der Waals surface area contributed by atoms with Crippen LogP contribution in [-0.4, -0.2) is 78.6 Å². The number of benzene rings is 1. The number of alkyl carbamates (subject to hydrolysis) is 1. The van der Waals surface area contributed by atoms with E-state index in [9.17, 15) is 14.6 Å². The molecule has 0 aromatic heterocycles. The summed E-state index contributed by atoms with van der Waals surface area (Å²) in [6, 6.07) is 10.2. The predicted molar refractivity (Wildman–Crippen MR) is 169 cm³/mol. The van der Waals surface area contributed by atoms with Gasteiger partial charge in [-0.1, -0.05) is 57.7 Å². The summed E-state index contributed by atoms with van der Waals surface area (Å²) in [7, 11) is -1.40. The molecule has 6 fully saturated rings. The summed E-state index contributed by atoms with van der Waals surface area (Å²) < 4.78 is 25.8. The van der Waals surface area contributed by atoms with Crippen molar-refractivity contribution in [2.45, 2.75) is 102 Å². The lowest BCUT2D eigenvalue weighted by Crippen LogP contribution is -2.68. The molecule has 1 aromatic carbocycles. The van der Waals surface area contributed by atoms with Gasteiger partial charge in [0, 0.05) is 19.1 Å². The van der Waals surface area contributed by atoms with Crippen molar-refractivity contribution in [1.82, 2.24) is 10.2 Å². The Labute approximate surface area is 262 Å². The van der Waals surface area contributed by atoms with E-state index in [4.69, 9.17) is 18.7 Å². The third kappa shape index (κ3) is 5.52. The molecule has 2 amide bonds. The lowest BCUT2D eigenvalue weighted by molar-refractivity contribution is -0.219. The number of ether oxygens (including phenoxy) is 1. The van der Waals surface area contributed by atoms with Crippen LogP contribution in [0.2, 0.25) is 6.32 Å². The molecule has 238 valence electrons. The van der Waals surface area contributed by atoms with E-state index >= 15 is 0 Å². The van der Waals surface area contributed by atoms with Gasteiger partial charge in [0.1, 0.15) is 5.60 Å². The fourth-order valence-corrected chi connectivity index (χ4v) is 8.75. The summed E-state index contributed by atoms with van der Waals surface area (Å²) in [6.45, 7) is 15.5. The number of likely N-dealkylation sites (tertiary alicyclic amines) is 1. The Morgan fingerprint density at radius 2 is 2.00 bits per heavy atom. The van der Waals surface area contributed by atoms with Crippen molar-refractivity contribution in [3.63, 3.8) is 0 Å². The number of carbonyl (C=O) groups is 2. The highest BCUT2D eigenvalue weighted by atomic mass is 16.7. The topological polar surface area (TPSA) is 107 Å². The van der Waals surface area contributed by atoms with Crippen LogP contribution in [0.3, 0.4) is 0 Å². The van der Waals surface area contributed by atoms with Crippen LogP contribution in [0.1, 0.15) is 78.2 Å². The molecule has 9 nitrogen and oxygen atoms in total. The normalized spacial score (nSPS) is 38.9. The molecule has 2 saturated heterocycles. The van der Waals surface area contributed by atoms with Crippen molar-refractivity contribution < 1.29 is 33.3 Å². The summed E-state index contributed by atoms with van der Waals surface area (Å²) in [5.41, 5.74) is -1.11. The maximum Gasteiger partial charge on any atom is 0.485 e. The van der Waals surface area contributed by atoms with Gasteiger partial charge in [0.25, 0.3) is 0 Å². The van der Waals surface area contributed by atoms with Crippen molar-refractivity contribution in [3.8, 4) is 0 Å². The van der Waals surface area contributed by atoms with Crippen LogP contribution in [-0.2, 0) is 23.5 Å². The molecule has 44 heavy (non-hydrogen) atoms. The Kier molecular flexibility index (Phi) is 8.26. The molecule has 2 heterocycles. The minimum atomic E-state index is -0.806. The Balaban J connectivity index is 1.18. The Morgan fingerprint density at radius 3 is 2.70 bits per heavy atom. The second kappa shape index (κ2) is 11.5. The van der Waals surface area contributed by atoms with Crippen LogP contribution in [0.15, 0.2) is 43.0 Å². The zero-order chi connectivity index (χ0) is 31.5. The molecule has 0 radical (unpaired) electrons. The van der Waals surface area contributed by atoms with Gasteiger partial charge >= 0.3 is 20.3 Å². The third-order valence-corrected chi connectivity index (χ3v) is 11.4. The first-order valence-electron chi connectivity index (χ1n) is 16.4. The van der Waals surface area contributed by atoms with Crippen molar-refractivity contribution in [2.24, 2.45) is 23.2 Å². The summed E-state index contributed by atoms with van der Waals surface area (Å²) in [5, 5.41) is 13.7. The highest BCUT2D eigenvalue weighted by Crippen LogP contribution is 2.68. The van der Waals surface area contributed by atoms with E-state index < -0.39 is 37.0 Å². The van der Waals surface area contributed by atoms with E-state index in [1.54, 1.807) is 4.90 Å². The molecule has 1 aromatic rings.